The molecule has 0 radical (unpaired) electrons. The summed E-state index contributed by atoms with van der Waals surface area (Å²) in [4.78, 5) is 17.2. The van der Waals surface area contributed by atoms with Gasteiger partial charge in [-0.25, -0.2) is 15.0 Å². The van der Waals surface area contributed by atoms with Crippen molar-refractivity contribution in [3.8, 4) is 9.88 Å². The lowest BCUT2D eigenvalue weighted by Crippen LogP contribution is -2.21. The minimum Gasteiger partial charge on any atom is -0.353 e. The van der Waals surface area contributed by atoms with Crippen LogP contribution in [-0.2, 0) is 19.4 Å². The molecule has 0 aliphatic carbocycles. The van der Waals surface area contributed by atoms with Gasteiger partial charge in [-0.2, -0.15) is 0 Å². The molecule has 1 N–H and O–H groups in total. The number of nitrogens with zero attached hydrogens (tertiary/aromatic N) is 4. The third-order valence-electron chi connectivity index (χ3n) is 4.15. The van der Waals surface area contributed by atoms with E-state index in [-0.39, 0.29) is 0 Å². The minimum atomic E-state index is 0.763. The van der Waals surface area contributed by atoms with Crippen LogP contribution < -0.4 is 10.2 Å². The van der Waals surface area contributed by atoms with Crippen molar-refractivity contribution in [2.24, 2.45) is 0 Å². The first-order valence-electron chi connectivity index (χ1n) is 8.04. The highest BCUT2D eigenvalue weighted by Gasteiger charge is 2.17. The van der Waals surface area contributed by atoms with Gasteiger partial charge in [0.1, 0.15) is 17.2 Å². The molecule has 1 aliphatic heterocycles. The van der Waals surface area contributed by atoms with E-state index in [1.54, 1.807) is 29.0 Å². The molecule has 0 spiro atoms. The molecule has 24 heavy (non-hydrogen) atoms. The minimum absolute atomic E-state index is 0.763. The van der Waals surface area contributed by atoms with Crippen LogP contribution in [0, 0.1) is 0 Å². The number of rotatable bonds is 4. The average molecular weight is 358 g/mol. The van der Waals surface area contributed by atoms with Gasteiger partial charge in [0.15, 0.2) is 0 Å². The number of fused-ring (bicyclic) bond motifs is 1. The summed E-state index contributed by atoms with van der Waals surface area (Å²) in [6, 6.07) is 4.19. The fourth-order valence-corrected chi connectivity index (χ4v) is 4.62. The van der Waals surface area contributed by atoms with Gasteiger partial charge in [0.25, 0.3) is 0 Å². The smallest absolute Gasteiger partial charge is 0.135 e. The quantitative estimate of drug-likeness (QED) is 0.778. The van der Waals surface area contributed by atoms with Crippen molar-refractivity contribution in [2.45, 2.75) is 19.4 Å². The van der Waals surface area contributed by atoms with E-state index in [0.717, 1.165) is 49.0 Å². The summed E-state index contributed by atoms with van der Waals surface area (Å²) in [7, 11) is 2.09. The molecule has 0 saturated heterocycles. The number of hydrogen-bond donors (Lipinski definition) is 1. The van der Waals surface area contributed by atoms with Gasteiger partial charge in [-0.3, -0.25) is 0 Å². The Balaban J connectivity index is 1.55. The van der Waals surface area contributed by atoms with Crippen LogP contribution >= 0.6 is 22.7 Å². The molecule has 0 atom stereocenters. The molecule has 3 aromatic heterocycles. The number of thiazole rings is 1. The van der Waals surface area contributed by atoms with Gasteiger partial charge in [0.2, 0.25) is 0 Å². The van der Waals surface area contributed by atoms with Gasteiger partial charge in [0, 0.05) is 31.0 Å². The normalized spacial score (nSPS) is 14.2. The molecule has 0 fully saturated rings. The molecule has 0 unspecified atom stereocenters. The van der Waals surface area contributed by atoms with Crippen molar-refractivity contribution in [2.75, 3.05) is 25.0 Å². The van der Waals surface area contributed by atoms with Crippen LogP contribution in [0.5, 0.6) is 0 Å². The molecule has 4 rings (SSSR count). The number of thiophene rings is 1. The van der Waals surface area contributed by atoms with Crippen LogP contribution in [0.25, 0.3) is 9.88 Å². The first-order valence-corrected chi connectivity index (χ1v) is 9.80. The third-order valence-corrected chi connectivity index (χ3v) is 6.08. The molecule has 5 nitrogen and oxygen atoms in total. The Morgan fingerprint density at radius 2 is 2.12 bits per heavy atom. The van der Waals surface area contributed by atoms with E-state index in [1.807, 2.05) is 0 Å². The zero-order valence-electron chi connectivity index (χ0n) is 13.5. The molecule has 0 bridgehead atoms. The topological polar surface area (TPSA) is 53.9 Å². The van der Waals surface area contributed by atoms with Gasteiger partial charge < -0.3 is 10.2 Å². The Morgan fingerprint density at radius 3 is 3.00 bits per heavy atom. The number of hydrogen-bond acceptors (Lipinski definition) is 7. The van der Waals surface area contributed by atoms with Crippen LogP contribution in [-0.4, -0.2) is 35.1 Å². The lowest BCUT2D eigenvalue weighted by atomic mass is 10.1. The molecule has 124 valence electrons. The summed E-state index contributed by atoms with van der Waals surface area (Å²) >= 11 is 3.44. The van der Waals surface area contributed by atoms with Crippen LogP contribution in [0.3, 0.4) is 0 Å². The Morgan fingerprint density at radius 1 is 1.21 bits per heavy atom. The number of nitrogens with one attached hydrogen (secondary N) is 1. The maximum Gasteiger partial charge on any atom is 0.135 e. The van der Waals surface area contributed by atoms with E-state index in [9.17, 15) is 0 Å². The van der Waals surface area contributed by atoms with Crippen LogP contribution in [0.15, 0.2) is 29.2 Å². The highest BCUT2D eigenvalue weighted by atomic mass is 32.1. The molecular formula is C17H19N5S2. The van der Waals surface area contributed by atoms with Gasteiger partial charge in [-0.1, -0.05) is 6.07 Å². The van der Waals surface area contributed by atoms with Crippen molar-refractivity contribution in [3.63, 3.8) is 0 Å². The fraction of sp³-hybridized carbons (Fsp3) is 0.353. The molecule has 0 aromatic carbocycles. The second-order valence-electron chi connectivity index (χ2n) is 5.85. The van der Waals surface area contributed by atoms with Crippen LogP contribution in [0.2, 0.25) is 0 Å². The first-order chi connectivity index (χ1) is 11.8. The van der Waals surface area contributed by atoms with Gasteiger partial charge >= 0.3 is 0 Å². The SMILES string of the molecule is CN(Cc1csc(-c2cccs2)n1)c1ncnc2c1CCNCC2. The average Bonchev–Trinajstić information content (AvgIpc) is 3.21. The largest absolute Gasteiger partial charge is 0.353 e. The second kappa shape index (κ2) is 6.96. The lowest BCUT2D eigenvalue weighted by molar-refractivity contribution is 0.708. The van der Waals surface area contributed by atoms with E-state index >= 15 is 0 Å². The summed E-state index contributed by atoms with van der Waals surface area (Å²) in [6.45, 7) is 2.74. The predicted molar refractivity (Wildman–Crippen MR) is 99.8 cm³/mol. The maximum atomic E-state index is 4.78. The molecular weight excluding hydrogens is 338 g/mol. The summed E-state index contributed by atoms with van der Waals surface area (Å²) < 4.78 is 0. The van der Waals surface area contributed by atoms with Crippen molar-refractivity contribution in [1.82, 2.24) is 20.3 Å². The summed E-state index contributed by atoms with van der Waals surface area (Å²) in [5.41, 5.74) is 3.54. The number of anilines is 1. The lowest BCUT2D eigenvalue weighted by Gasteiger charge is -2.21. The molecule has 0 amide bonds. The van der Waals surface area contributed by atoms with E-state index in [4.69, 9.17) is 4.98 Å². The highest BCUT2D eigenvalue weighted by Crippen LogP contribution is 2.29. The molecule has 0 saturated carbocycles. The summed E-state index contributed by atoms with van der Waals surface area (Å²) in [6.07, 6.45) is 3.64. The molecule has 4 heterocycles. The maximum absolute atomic E-state index is 4.78. The highest BCUT2D eigenvalue weighted by molar-refractivity contribution is 7.20. The molecule has 7 heteroatoms. The van der Waals surface area contributed by atoms with Crippen molar-refractivity contribution >= 4 is 28.5 Å². The van der Waals surface area contributed by atoms with Crippen molar-refractivity contribution < 1.29 is 0 Å². The zero-order chi connectivity index (χ0) is 16.4. The molecule has 1 aliphatic rings. The molecule has 3 aromatic rings. The Kier molecular flexibility index (Phi) is 4.55. The van der Waals surface area contributed by atoms with Gasteiger partial charge in [-0.05, 0) is 24.4 Å². The standard InChI is InChI=1S/C17H19N5S2/c1-22(9-12-10-24-17(21-12)15-3-2-8-23-15)16-13-4-6-18-7-5-14(13)19-11-20-16/h2-3,8,10-11,18H,4-7,9H2,1H3. The van der Waals surface area contributed by atoms with E-state index in [0.29, 0.717) is 0 Å². The zero-order valence-corrected chi connectivity index (χ0v) is 15.2. The van der Waals surface area contributed by atoms with Crippen molar-refractivity contribution in [3.05, 3.63) is 46.2 Å². The van der Waals surface area contributed by atoms with Crippen molar-refractivity contribution in [1.29, 1.82) is 0 Å². The second-order valence-corrected chi connectivity index (χ2v) is 7.66. The monoisotopic (exact) mass is 357 g/mol. The summed E-state index contributed by atoms with van der Waals surface area (Å²) in [5, 5.41) is 8.77. The Hall–Kier alpha value is -1.83. The fourth-order valence-electron chi connectivity index (χ4n) is 2.99. The Labute approximate surface area is 149 Å². The third kappa shape index (κ3) is 3.19. The van der Waals surface area contributed by atoms with E-state index in [2.05, 4.69) is 50.1 Å². The Bertz CT molecular complexity index is 812. The van der Waals surface area contributed by atoms with Crippen LogP contribution in [0.4, 0.5) is 5.82 Å². The van der Waals surface area contributed by atoms with Gasteiger partial charge in [-0.15, -0.1) is 22.7 Å². The van der Waals surface area contributed by atoms with E-state index in [1.165, 1.54) is 16.1 Å². The summed E-state index contributed by atoms with van der Waals surface area (Å²) in [5.74, 6) is 1.04. The number of aromatic nitrogens is 3. The van der Waals surface area contributed by atoms with E-state index < -0.39 is 0 Å². The van der Waals surface area contributed by atoms with Gasteiger partial charge in [0.05, 0.1) is 22.8 Å². The predicted octanol–water partition coefficient (Wildman–Crippen LogP) is 2.99. The van der Waals surface area contributed by atoms with Crippen LogP contribution in [0.1, 0.15) is 17.0 Å². The first kappa shape index (κ1) is 15.7.